The van der Waals surface area contributed by atoms with E-state index in [2.05, 4.69) is 11.9 Å². The predicted molar refractivity (Wildman–Crippen MR) is 93.8 cm³/mol. The first-order valence-corrected chi connectivity index (χ1v) is 8.55. The second-order valence-electron chi connectivity index (χ2n) is 6.42. The number of rotatable bonds is 5. The van der Waals surface area contributed by atoms with E-state index >= 15 is 0 Å². The van der Waals surface area contributed by atoms with Gasteiger partial charge >= 0.3 is 0 Å². The largest absolute Gasteiger partial charge is 0.490 e. The molecule has 0 aliphatic heterocycles. The van der Waals surface area contributed by atoms with E-state index in [0.29, 0.717) is 5.92 Å². The number of nitrogen functional groups attached to an aromatic ring is 1. The minimum atomic E-state index is 0.263. The fraction of sp³-hybridized carbons (Fsp3) is 0.526. The maximum Gasteiger partial charge on any atom is 0.131 e. The summed E-state index contributed by atoms with van der Waals surface area (Å²) in [7, 11) is 1.78. The molecule has 4 heteroatoms. The van der Waals surface area contributed by atoms with Gasteiger partial charge in [-0.3, -0.25) is 4.98 Å². The number of nitrogens with two attached hydrogens (primary N) is 1. The molecule has 1 aromatic heterocycles. The van der Waals surface area contributed by atoms with Crippen molar-refractivity contribution in [2.45, 2.75) is 45.1 Å². The van der Waals surface area contributed by atoms with E-state index in [1.54, 1.807) is 7.11 Å². The Hall–Kier alpha value is -1.81. The van der Waals surface area contributed by atoms with Crippen molar-refractivity contribution in [1.29, 1.82) is 0 Å². The Bertz CT molecular complexity index is 664. The highest BCUT2D eigenvalue weighted by molar-refractivity contribution is 5.95. The number of pyridine rings is 1. The summed E-state index contributed by atoms with van der Waals surface area (Å²) in [5, 5.41) is 0.948. The van der Waals surface area contributed by atoms with E-state index in [9.17, 15) is 0 Å². The molecule has 3 rings (SSSR count). The van der Waals surface area contributed by atoms with Crippen LogP contribution in [-0.2, 0) is 11.2 Å². The first kappa shape index (κ1) is 16.1. The summed E-state index contributed by atoms with van der Waals surface area (Å²) in [6, 6.07) is 7.98. The average Bonchev–Trinajstić information content (AvgIpc) is 2.56. The molecule has 1 aromatic carbocycles. The van der Waals surface area contributed by atoms with Crippen LogP contribution >= 0.6 is 0 Å². The van der Waals surface area contributed by atoms with Crippen LogP contribution in [0.1, 0.15) is 38.3 Å². The van der Waals surface area contributed by atoms with Gasteiger partial charge in [0.25, 0.3) is 0 Å². The van der Waals surface area contributed by atoms with Gasteiger partial charge in [-0.25, -0.2) is 0 Å². The van der Waals surface area contributed by atoms with E-state index in [1.165, 1.54) is 0 Å². The Morgan fingerprint density at radius 1 is 1.22 bits per heavy atom. The van der Waals surface area contributed by atoms with Crippen LogP contribution in [0, 0.1) is 5.92 Å². The van der Waals surface area contributed by atoms with Crippen LogP contribution in [0.2, 0.25) is 0 Å². The summed E-state index contributed by atoms with van der Waals surface area (Å²) in [6.45, 7) is 2.95. The molecule has 23 heavy (non-hydrogen) atoms. The van der Waals surface area contributed by atoms with Crippen LogP contribution in [0.3, 0.4) is 0 Å². The van der Waals surface area contributed by atoms with Crippen LogP contribution in [-0.4, -0.2) is 24.8 Å². The Morgan fingerprint density at radius 3 is 2.70 bits per heavy atom. The summed E-state index contributed by atoms with van der Waals surface area (Å²) in [4.78, 5) is 4.67. The number of anilines is 1. The Balaban J connectivity index is 1.78. The zero-order valence-corrected chi connectivity index (χ0v) is 14.0. The van der Waals surface area contributed by atoms with Crippen molar-refractivity contribution in [2.24, 2.45) is 5.92 Å². The first-order chi connectivity index (χ1) is 11.2. The van der Waals surface area contributed by atoms with Gasteiger partial charge in [0.1, 0.15) is 5.75 Å². The number of fused-ring (bicyclic) bond motifs is 1. The van der Waals surface area contributed by atoms with E-state index < -0.39 is 0 Å². The van der Waals surface area contributed by atoms with Gasteiger partial charge in [0, 0.05) is 25.1 Å². The molecular weight excluding hydrogens is 288 g/mol. The number of ether oxygens (including phenoxy) is 2. The number of hydrogen-bond donors (Lipinski definition) is 1. The average molecular weight is 314 g/mol. The van der Waals surface area contributed by atoms with Crippen molar-refractivity contribution in [3.05, 3.63) is 30.0 Å². The summed E-state index contributed by atoms with van der Waals surface area (Å²) in [5.74, 6) is 1.54. The van der Waals surface area contributed by atoms with Crippen LogP contribution in [0.25, 0.3) is 10.9 Å². The highest BCUT2D eigenvalue weighted by Crippen LogP contribution is 2.34. The molecule has 1 saturated carbocycles. The molecule has 0 unspecified atom stereocenters. The number of nitrogens with zero attached hydrogens (tertiary/aromatic N) is 1. The zero-order chi connectivity index (χ0) is 16.2. The molecule has 1 heterocycles. The highest BCUT2D eigenvalue weighted by Gasteiger charge is 2.23. The normalized spacial score (nSPS) is 21.5. The number of benzene rings is 1. The minimum Gasteiger partial charge on any atom is -0.490 e. The smallest absolute Gasteiger partial charge is 0.131 e. The van der Waals surface area contributed by atoms with Crippen molar-refractivity contribution < 1.29 is 9.47 Å². The molecule has 0 atom stereocenters. The highest BCUT2D eigenvalue weighted by atomic mass is 16.5. The third-order valence-corrected chi connectivity index (χ3v) is 4.73. The number of methoxy groups -OCH3 is 1. The van der Waals surface area contributed by atoms with Crippen molar-refractivity contribution >= 4 is 16.6 Å². The third kappa shape index (κ3) is 3.58. The molecule has 1 fully saturated rings. The lowest BCUT2D eigenvalue weighted by Crippen LogP contribution is -2.26. The number of aryl methyl sites for hydroxylation is 1. The third-order valence-electron chi connectivity index (χ3n) is 4.73. The molecule has 0 saturated heterocycles. The van der Waals surface area contributed by atoms with E-state index in [-0.39, 0.29) is 6.10 Å². The Labute approximate surface area is 138 Å². The second-order valence-corrected chi connectivity index (χ2v) is 6.42. The zero-order valence-electron chi connectivity index (χ0n) is 14.0. The monoisotopic (exact) mass is 314 g/mol. The van der Waals surface area contributed by atoms with Gasteiger partial charge in [-0.2, -0.15) is 0 Å². The summed E-state index contributed by atoms with van der Waals surface area (Å²) < 4.78 is 11.6. The van der Waals surface area contributed by atoms with Gasteiger partial charge in [-0.05, 0) is 56.2 Å². The Kier molecular flexibility index (Phi) is 5.01. The van der Waals surface area contributed by atoms with Crippen molar-refractivity contribution in [1.82, 2.24) is 4.98 Å². The van der Waals surface area contributed by atoms with Crippen LogP contribution in [0.15, 0.2) is 24.3 Å². The van der Waals surface area contributed by atoms with Gasteiger partial charge < -0.3 is 15.2 Å². The molecular formula is C19H26N2O2. The molecule has 0 amide bonds. The van der Waals surface area contributed by atoms with E-state index in [0.717, 1.165) is 66.7 Å². The van der Waals surface area contributed by atoms with Gasteiger partial charge in [-0.15, -0.1) is 0 Å². The maximum absolute atomic E-state index is 6.29. The topological polar surface area (TPSA) is 57.4 Å². The van der Waals surface area contributed by atoms with Crippen LogP contribution in [0.4, 0.5) is 5.69 Å². The molecule has 0 bridgehead atoms. The number of hydrogen-bond acceptors (Lipinski definition) is 4. The number of aromatic nitrogens is 1. The lowest BCUT2D eigenvalue weighted by molar-refractivity contribution is 0.0848. The molecule has 124 valence electrons. The summed E-state index contributed by atoms with van der Waals surface area (Å²) in [6.07, 6.45) is 5.62. The van der Waals surface area contributed by atoms with Crippen molar-refractivity contribution in [3.8, 4) is 5.75 Å². The molecule has 1 aliphatic carbocycles. The maximum atomic E-state index is 6.29. The van der Waals surface area contributed by atoms with Gasteiger partial charge in [-0.1, -0.05) is 13.0 Å². The van der Waals surface area contributed by atoms with Crippen LogP contribution < -0.4 is 10.5 Å². The van der Waals surface area contributed by atoms with E-state index in [1.807, 2.05) is 24.3 Å². The van der Waals surface area contributed by atoms with Crippen molar-refractivity contribution in [3.63, 3.8) is 0 Å². The second kappa shape index (κ2) is 7.18. The lowest BCUT2D eigenvalue weighted by atomic mass is 9.88. The molecule has 1 aliphatic rings. The van der Waals surface area contributed by atoms with E-state index in [4.69, 9.17) is 15.2 Å². The van der Waals surface area contributed by atoms with Gasteiger partial charge in [0.05, 0.1) is 17.0 Å². The molecule has 0 radical (unpaired) electrons. The standard InChI is InChI=1S/C19H26N2O2/c1-3-14-11-16(20)19-17(21-14)5-4-6-18(19)23-15-9-7-13(8-10-15)12-22-2/h4-6,11,13,15H,3,7-10,12H2,1-2H3,(H2,20,21). The quantitative estimate of drug-likeness (QED) is 0.907. The van der Waals surface area contributed by atoms with Crippen LogP contribution in [0.5, 0.6) is 5.75 Å². The molecule has 2 N–H and O–H groups in total. The lowest BCUT2D eigenvalue weighted by Gasteiger charge is -2.29. The summed E-state index contributed by atoms with van der Waals surface area (Å²) in [5.41, 5.74) is 8.97. The molecule has 4 nitrogen and oxygen atoms in total. The predicted octanol–water partition coefficient (Wildman–Crippen LogP) is 3.96. The minimum absolute atomic E-state index is 0.263. The SMILES string of the molecule is CCc1cc(N)c2c(OC3CCC(COC)CC3)cccc2n1. The Morgan fingerprint density at radius 2 is 2.00 bits per heavy atom. The first-order valence-electron chi connectivity index (χ1n) is 8.55. The summed E-state index contributed by atoms with van der Waals surface area (Å²) >= 11 is 0. The van der Waals surface area contributed by atoms with Crippen molar-refractivity contribution in [2.75, 3.05) is 19.5 Å². The fourth-order valence-corrected chi connectivity index (χ4v) is 3.45. The fourth-order valence-electron chi connectivity index (χ4n) is 3.45. The molecule has 0 spiro atoms. The van der Waals surface area contributed by atoms with Gasteiger partial charge in [0.15, 0.2) is 0 Å². The van der Waals surface area contributed by atoms with Gasteiger partial charge in [0.2, 0.25) is 0 Å². The molecule has 2 aromatic rings.